The number of imidazole rings is 1. The predicted molar refractivity (Wildman–Crippen MR) is 86.3 cm³/mol. The Balaban J connectivity index is 2.32. The monoisotopic (exact) mass is 293 g/mol. The lowest BCUT2D eigenvalue weighted by Crippen LogP contribution is -2.49. The average Bonchev–Trinajstić information content (AvgIpc) is 2.88. The Morgan fingerprint density at radius 2 is 2.33 bits per heavy atom. The van der Waals surface area contributed by atoms with Crippen molar-refractivity contribution in [1.82, 2.24) is 14.9 Å². The highest BCUT2D eigenvalue weighted by Crippen LogP contribution is 2.43. The Bertz CT molecular complexity index is 427. The standard InChI is InChI=1S/C17H31N3O/c1-5-11-20-12-10-19-16(20)15(18-4)17(21-6-2)9-7-8-14(3)13-17/h10,12,14-15,18H,5-9,11,13H2,1-4H3. The van der Waals surface area contributed by atoms with Gasteiger partial charge in [0, 0.05) is 25.5 Å². The quantitative estimate of drug-likeness (QED) is 0.836. The molecule has 0 radical (unpaired) electrons. The van der Waals surface area contributed by atoms with Gasteiger partial charge in [0.25, 0.3) is 0 Å². The molecule has 1 heterocycles. The molecule has 1 aromatic rings. The highest BCUT2D eigenvalue weighted by atomic mass is 16.5. The maximum Gasteiger partial charge on any atom is 0.128 e. The van der Waals surface area contributed by atoms with Crippen LogP contribution in [0.1, 0.15) is 64.7 Å². The molecule has 0 bridgehead atoms. The van der Waals surface area contributed by atoms with Crippen LogP contribution in [0.25, 0.3) is 0 Å². The van der Waals surface area contributed by atoms with E-state index in [9.17, 15) is 0 Å². The van der Waals surface area contributed by atoms with Crippen LogP contribution in [-0.4, -0.2) is 28.8 Å². The first-order valence-electron chi connectivity index (χ1n) is 8.49. The third kappa shape index (κ3) is 3.49. The fourth-order valence-corrected chi connectivity index (χ4v) is 3.95. The summed E-state index contributed by atoms with van der Waals surface area (Å²) in [5, 5.41) is 3.51. The van der Waals surface area contributed by atoms with Gasteiger partial charge < -0.3 is 14.6 Å². The van der Waals surface area contributed by atoms with E-state index in [1.54, 1.807) is 0 Å². The van der Waals surface area contributed by atoms with Crippen molar-refractivity contribution < 1.29 is 4.74 Å². The number of hydrogen-bond acceptors (Lipinski definition) is 3. The second-order valence-electron chi connectivity index (χ2n) is 6.40. The maximum absolute atomic E-state index is 6.33. The van der Waals surface area contributed by atoms with Crippen molar-refractivity contribution in [2.45, 2.75) is 71.1 Å². The zero-order valence-electron chi connectivity index (χ0n) is 14.1. The van der Waals surface area contributed by atoms with Crippen LogP contribution < -0.4 is 5.32 Å². The molecule has 1 fully saturated rings. The van der Waals surface area contributed by atoms with Gasteiger partial charge in [-0.1, -0.05) is 26.7 Å². The van der Waals surface area contributed by atoms with Crippen molar-refractivity contribution in [2.24, 2.45) is 5.92 Å². The minimum Gasteiger partial charge on any atom is -0.373 e. The number of hydrogen-bond donors (Lipinski definition) is 1. The molecule has 21 heavy (non-hydrogen) atoms. The van der Waals surface area contributed by atoms with E-state index in [0.29, 0.717) is 0 Å². The van der Waals surface area contributed by atoms with E-state index in [0.717, 1.165) is 44.2 Å². The molecule has 0 amide bonds. The molecule has 4 heteroatoms. The molecule has 3 unspecified atom stereocenters. The third-order valence-corrected chi connectivity index (χ3v) is 4.71. The summed E-state index contributed by atoms with van der Waals surface area (Å²) in [6.07, 6.45) is 9.93. The first kappa shape index (κ1) is 16.5. The van der Waals surface area contributed by atoms with Crippen LogP contribution >= 0.6 is 0 Å². The van der Waals surface area contributed by atoms with E-state index in [4.69, 9.17) is 4.74 Å². The van der Waals surface area contributed by atoms with Crippen molar-refractivity contribution in [2.75, 3.05) is 13.7 Å². The SMILES string of the molecule is CCCn1ccnc1C(NC)C1(OCC)CCCC(C)C1. The van der Waals surface area contributed by atoms with Crippen molar-refractivity contribution >= 4 is 0 Å². The summed E-state index contributed by atoms with van der Waals surface area (Å²) in [5.74, 6) is 1.85. The van der Waals surface area contributed by atoms with Crippen LogP contribution in [0.4, 0.5) is 0 Å². The molecular formula is C17H31N3O. The lowest BCUT2D eigenvalue weighted by molar-refractivity contribution is -0.103. The molecule has 0 spiro atoms. The molecule has 1 aliphatic rings. The lowest BCUT2D eigenvalue weighted by atomic mass is 9.74. The molecule has 2 rings (SSSR count). The van der Waals surface area contributed by atoms with Crippen molar-refractivity contribution in [3.8, 4) is 0 Å². The van der Waals surface area contributed by atoms with E-state index >= 15 is 0 Å². The lowest BCUT2D eigenvalue weighted by Gasteiger charge is -2.45. The number of aromatic nitrogens is 2. The van der Waals surface area contributed by atoms with Crippen molar-refractivity contribution in [3.63, 3.8) is 0 Å². The largest absolute Gasteiger partial charge is 0.373 e. The fraction of sp³-hybridized carbons (Fsp3) is 0.824. The minimum atomic E-state index is -0.113. The van der Waals surface area contributed by atoms with Gasteiger partial charge in [-0.25, -0.2) is 4.98 Å². The number of ether oxygens (including phenoxy) is 1. The van der Waals surface area contributed by atoms with Gasteiger partial charge in [-0.2, -0.15) is 0 Å². The number of aryl methyl sites for hydroxylation is 1. The predicted octanol–water partition coefficient (Wildman–Crippen LogP) is 3.54. The Kier molecular flexibility index (Phi) is 5.82. The highest BCUT2D eigenvalue weighted by Gasteiger charge is 2.44. The van der Waals surface area contributed by atoms with E-state index in [-0.39, 0.29) is 11.6 Å². The number of likely N-dealkylation sites (N-methyl/N-ethyl adjacent to an activating group) is 1. The molecule has 4 nitrogen and oxygen atoms in total. The summed E-state index contributed by atoms with van der Waals surface area (Å²) in [6, 6.07) is 0.168. The van der Waals surface area contributed by atoms with Gasteiger partial charge in [0.15, 0.2) is 0 Å². The summed E-state index contributed by atoms with van der Waals surface area (Å²) in [5.41, 5.74) is -0.113. The van der Waals surface area contributed by atoms with E-state index in [1.807, 2.05) is 13.2 Å². The molecular weight excluding hydrogens is 262 g/mol. The highest BCUT2D eigenvalue weighted by molar-refractivity contribution is 5.09. The summed E-state index contributed by atoms with van der Waals surface area (Å²) in [6.45, 7) is 8.44. The summed E-state index contributed by atoms with van der Waals surface area (Å²) in [7, 11) is 2.04. The normalized spacial score (nSPS) is 27.7. The molecule has 1 aromatic heterocycles. The van der Waals surface area contributed by atoms with Crippen LogP contribution in [-0.2, 0) is 11.3 Å². The fourth-order valence-electron chi connectivity index (χ4n) is 3.95. The zero-order valence-corrected chi connectivity index (χ0v) is 14.1. The van der Waals surface area contributed by atoms with Crippen LogP contribution in [0, 0.1) is 5.92 Å². The molecule has 120 valence electrons. The third-order valence-electron chi connectivity index (χ3n) is 4.71. The van der Waals surface area contributed by atoms with Gasteiger partial charge >= 0.3 is 0 Å². The molecule has 1 aliphatic carbocycles. The number of nitrogens with one attached hydrogen (secondary N) is 1. The van der Waals surface area contributed by atoms with Gasteiger partial charge in [-0.15, -0.1) is 0 Å². The second kappa shape index (κ2) is 7.41. The Labute approximate surface area is 129 Å². The Morgan fingerprint density at radius 1 is 1.52 bits per heavy atom. The molecule has 0 aliphatic heterocycles. The van der Waals surface area contributed by atoms with Crippen LogP contribution in [0.2, 0.25) is 0 Å². The van der Waals surface area contributed by atoms with Crippen LogP contribution in [0.3, 0.4) is 0 Å². The zero-order chi connectivity index (χ0) is 15.3. The maximum atomic E-state index is 6.33. The summed E-state index contributed by atoms with van der Waals surface area (Å²) < 4.78 is 8.61. The van der Waals surface area contributed by atoms with E-state index in [1.165, 1.54) is 12.8 Å². The average molecular weight is 293 g/mol. The molecule has 1 saturated carbocycles. The number of nitrogens with zero attached hydrogens (tertiary/aromatic N) is 2. The molecule has 3 atom stereocenters. The number of rotatable bonds is 7. The van der Waals surface area contributed by atoms with Gasteiger partial charge in [0.05, 0.1) is 11.6 Å². The molecule has 1 N–H and O–H groups in total. The first-order chi connectivity index (χ1) is 10.2. The van der Waals surface area contributed by atoms with Crippen molar-refractivity contribution in [3.05, 3.63) is 18.2 Å². The van der Waals surface area contributed by atoms with Crippen LogP contribution in [0.15, 0.2) is 12.4 Å². The van der Waals surface area contributed by atoms with Gasteiger partial charge in [-0.3, -0.25) is 0 Å². The second-order valence-corrected chi connectivity index (χ2v) is 6.40. The van der Waals surface area contributed by atoms with Gasteiger partial charge in [0.2, 0.25) is 0 Å². The summed E-state index contributed by atoms with van der Waals surface area (Å²) in [4.78, 5) is 4.65. The van der Waals surface area contributed by atoms with E-state index < -0.39 is 0 Å². The van der Waals surface area contributed by atoms with Crippen LogP contribution in [0.5, 0.6) is 0 Å². The first-order valence-corrected chi connectivity index (χ1v) is 8.49. The van der Waals surface area contributed by atoms with Gasteiger partial charge in [-0.05, 0) is 39.2 Å². The van der Waals surface area contributed by atoms with Gasteiger partial charge in [0.1, 0.15) is 5.82 Å². The minimum absolute atomic E-state index is 0.113. The Morgan fingerprint density at radius 3 is 2.95 bits per heavy atom. The summed E-state index contributed by atoms with van der Waals surface area (Å²) >= 11 is 0. The molecule has 0 saturated heterocycles. The van der Waals surface area contributed by atoms with Crippen molar-refractivity contribution in [1.29, 1.82) is 0 Å². The topological polar surface area (TPSA) is 39.1 Å². The smallest absolute Gasteiger partial charge is 0.128 e. The molecule has 0 aromatic carbocycles. The Hall–Kier alpha value is -0.870. The van der Waals surface area contributed by atoms with E-state index in [2.05, 4.69) is 41.8 Å².